The Kier molecular flexibility index (Phi) is 3.68. The van der Waals surface area contributed by atoms with Crippen molar-refractivity contribution in [2.24, 2.45) is 0 Å². The molecule has 3 rings (SSSR count). The van der Waals surface area contributed by atoms with Gasteiger partial charge in [0.25, 0.3) is 0 Å². The van der Waals surface area contributed by atoms with Crippen LogP contribution < -0.4 is 5.32 Å². The summed E-state index contributed by atoms with van der Waals surface area (Å²) >= 11 is 12.2. The van der Waals surface area contributed by atoms with Crippen LogP contribution in [-0.2, 0) is 0 Å². The molecule has 7 heteroatoms. The van der Waals surface area contributed by atoms with Crippen LogP contribution in [0.2, 0.25) is 10.0 Å². The Bertz CT molecular complexity index is 870. The molecule has 0 amide bonds. The molecule has 0 fully saturated rings. The third kappa shape index (κ3) is 2.61. The predicted molar refractivity (Wildman–Crippen MR) is 87.5 cm³/mol. The number of phenolic OH excluding ortho intramolecular Hbond substituents is 1. The van der Waals surface area contributed by atoms with Crippen molar-refractivity contribution in [3.05, 3.63) is 45.9 Å². The molecule has 0 saturated carbocycles. The van der Waals surface area contributed by atoms with Crippen molar-refractivity contribution in [2.45, 2.75) is 6.92 Å². The number of rotatable bonds is 3. The summed E-state index contributed by atoms with van der Waals surface area (Å²) < 4.78 is 0. The van der Waals surface area contributed by atoms with Gasteiger partial charge in [0.2, 0.25) is 5.95 Å². The van der Waals surface area contributed by atoms with E-state index in [1.54, 1.807) is 24.3 Å². The van der Waals surface area contributed by atoms with Crippen LogP contribution in [0.15, 0.2) is 30.3 Å². The number of aromatic hydroxyl groups is 1. The molecule has 0 aliphatic heterocycles. The normalized spacial score (nSPS) is 10.9. The second-order valence-corrected chi connectivity index (χ2v) is 5.56. The molecular weight excluding hydrogens is 325 g/mol. The minimum Gasteiger partial charge on any atom is -0.507 e. The number of H-pyrrole nitrogens is 1. The number of aromatic amines is 1. The van der Waals surface area contributed by atoms with Crippen molar-refractivity contribution >= 4 is 51.7 Å². The SMILES string of the molecule is CC(=O)c1cc2[nH]c(Nc3c(Cl)cccc3Cl)nc2cc1O. The van der Waals surface area contributed by atoms with Crippen LogP contribution in [0.5, 0.6) is 5.75 Å². The van der Waals surface area contributed by atoms with Crippen molar-refractivity contribution < 1.29 is 9.90 Å². The number of aromatic nitrogens is 2. The Labute approximate surface area is 135 Å². The number of ketones is 1. The summed E-state index contributed by atoms with van der Waals surface area (Å²) in [6.45, 7) is 1.39. The van der Waals surface area contributed by atoms with Crippen LogP contribution in [0.1, 0.15) is 17.3 Å². The molecular formula is C15H11Cl2N3O2. The largest absolute Gasteiger partial charge is 0.507 e. The van der Waals surface area contributed by atoms with Crippen LogP contribution in [0.3, 0.4) is 0 Å². The number of hydrogen-bond donors (Lipinski definition) is 3. The molecule has 0 aliphatic carbocycles. The second-order valence-electron chi connectivity index (χ2n) is 4.75. The molecule has 0 unspecified atom stereocenters. The minimum absolute atomic E-state index is 0.103. The van der Waals surface area contributed by atoms with E-state index in [0.29, 0.717) is 32.7 Å². The summed E-state index contributed by atoms with van der Waals surface area (Å²) in [6, 6.07) is 8.14. The average molecular weight is 336 g/mol. The lowest BCUT2D eigenvalue weighted by Crippen LogP contribution is -1.94. The minimum atomic E-state index is -0.224. The van der Waals surface area contributed by atoms with E-state index < -0.39 is 0 Å². The Morgan fingerprint density at radius 3 is 2.59 bits per heavy atom. The summed E-state index contributed by atoms with van der Waals surface area (Å²) in [6.07, 6.45) is 0. The number of carbonyl (C=O) groups is 1. The van der Waals surface area contributed by atoms with Crippen molar-refractivity contribution in [3.63, 3.8) is 0 Å². The predicted octanol–water partition coefficient (Wildman–Crippen LogP) is 4.52. The number of fused-ring (bicyclic) bond motifs is 1. The number of carbonyl (C=O) groups excluding carboxylic acids is 1. The molecule has 0 aliphatic rings. The molecule has 22 heavy (non-hydrogen) atoms. The number of imidazole rings is 1. The van der Waals surface area contributed by atoms with Crippen LogP contribution in [0, 0.1) is 0 Å². The zero-order valence-electron chi connectivity index (χ0n) is 11.4. The van der Waals surface area contributed by atoms with Crippen molar-refractivity contribution in [2.75, 3.05) is 5.32 Å². The maximum atomic E-state index is 11.5. The third-order valence-corrected chi connectivity index (χ3v) is 3.81. The van der Waals surface area contributed by atoms with Gasteiger partial charge >= 0.3 is 0 Å². The fourth-order valence-electron chi connectivity index (χ4n) is 2.12. The lowest BCUT2D eigenvalue weighted by molar-refractivity contribution is 0.101. The molecule has 1 heterocycles. The van der Waals surface area contributed by atoms with Gasteiger partial charge in [-0.05, 0) is 25.1 Å². The van der Waals surface area contributed by atoms with Gasteiger partial charge in [-0.1, -0.05) is 29.3 Å². The van der Waals surface area contributed by atoms with Gasteiger partial charge in [0.1, 0.15) is 5.75 Å². The molecule has 0 radical (unpaired) electrons. The van der Waals surface area contributed by atoms with E-state index in [1.165, 1.54) is 13.0 Å². The monoisotopic (exact) mass is 335 g/mol. The second kappa shape index (κ2) is 5.51. The van der Waals surface area contributed by atoms with E-state index in [2.05, 4.69) is 15.3 Å². The molecule has 0 spiro atoms. The van der Waals surface area contributed by atoms with Gasteiger partial charge < -0.3 is 15.4 Å². The smallest absolute Gasteiger partial charge is 0.205 e. The molecule has 5 nitrogen and oxygen atoms in total. The zero-order chi connectivity index (χ0) is 15.9. The van der Waals surface area contributed by atoms with Crippen LogP contribution in [-0.4, -0.2) is 20.9 Å². The first-order chi connectivity index (χ1) is 10.5. The summed E-state index contributed by atoms with van der Waals surface area (Å²) in [5, 5.41) is 13.7. The maximum absolute atomic E-state index is 11.5. The van der Waals surface area contributed by atoms with Crippen molar-refractivity contribution in [3.8, 4) is 5.75 Å². The Morgan fingerprint density at radius 2 is 1.95 bits per heavy atom. The average Bonchev–Trinajstić information content (AvgIpc) is 2.83. The number of nitrogens with zero attached hydrogens (tertiary/aromatic N) is 1. The van der Waals surface area contributed by atoms with Gasteiger partial charge in [0.15, 0.2) is 5.78 Å². The van der Waals surface area contributed by atoms with Crippen molar-refractivity contribution in [1.29, 1.82) is 0 Å². The highest BCUT2D eigenvalue weighted by atomic mass is 35.5. The molecule has 3 aromatic rings. The third-order valence-electron chi connectivity index (χ3n) is 3.18. The molecule has 0 saturated heterocycles. The van der Waals surface area contributed by atoms with Gasteiger partial charge in [-0.25, -0.2) is 4.98 Å². The topological polar surface area (TPSA) is 78.0 Å². The van der Waals surface area contributed by atoms with Crippen LogP contribution in [0.4, 0.5) is 11.6 Å². The highest BCUT2D eigenvalue weighted by molar-refractivity contribution is 6.39. The highest BCUT2D eigenvalue weighted by Gasteiger charge is 2.13. The Morgan fingerprint density at radius 1 is 1.27 bits per heavy atom. The highest BCUT2D eigenvalue weighted by Crippen LogP contribution is 2.33. The fraction of sp³-hybridized carbons (Fsp3) is 0.0667. The molecule has 112 valence electrons. The first kappa shape index (κ1) is 14.7. The summed E-state index contributed by atoms with van der Waals surface area (Å²) in [4.78, 5) is 18.8. The Balaban J connectivity index is 2.04. The molecule has 2 aromatic carbocycles. The van der Waals surface area contributed by atoms with Gasteiger partial charge in [0.05, 0.1) is 32.3 Å². The zero-order valence-corrected chi connectivity index (χ0v) is 13.0. The summed E-state index contributed by atoms with van der Waals surface area (Å²) in [5.41, 5.74) is 1.90. The van der Waals surface area contributed by atoms with E-state index in [0.717, 1.165) is 0 Å². The number of benzene rings is 2. The molecule has 0 atom stereocenters. The van der Waals surface area contributed by atoms with E-state index in [4.69, 9.17) is 23.2 Å². The van der Waals surface area contributed by atoms with Crippen LogP contribution in [0.25, 0.3) is 11.0 Å². The number of Topliss-reactive ketones (excluding diaryl/α,β-unsaturated/α-hetero) is 1. The first-order valence-corrected chi connectivity index (χ1v) is 7.16. The summed E-state index contributed by atoms with van der Waals surface area (Å²) in [5.74, 6) is 0.0802. The molecule has 3 N–H and O–H groups in total. The van der Waals surface area contributed by atoms with E-state index >= 15 is 0 Å². The molecule has 0 bridgehead atoms. The number of hydrogen-bond acceptors (Lipinski definition) is 4. The lowest BCUT2D eigenvalue weighted by atomic mass is 10.1. The maximum Gasteiger partial charge on any atom is 0.205 e. The first-order valence-electron chi connectivity index (χ1n) is 6.40. The number of anilines is 2. The fourth-order valence-corrected chi connectivity index (χ4v) is 2.61. The van der Waals surface area contributed by atoms with Gasteiger partial charge in [0, 0.05) is 6.07 Å². The summed E-state index contributed by atoms with van der Waals surface area (Å²) in [7, 11) is 0. The molecule has 1 aromatic heterocycles. The number of phenols is 1. The van der Waals surface area contributed by atoms with Gasteiger partial charge in [-0.15, -0.1) is 0 Å². The van der Waals surface area contributed by atoms with Crippen LogP contribution >= 0.6 is 23.2 Å². The quantitative estimate of drug-likeness (QED) is 0.615. The van der Waals surface area contributed by atoms with Crippen molar-refractivity contribution in [1.82, 2.24) is 9.97 Å². The number of halogens is 2. The van der Waals surface area contributed by atoms with E-state index in [-0.39, 0.29) is 17.1 Å². The Hall–Kier alpha value is -2.24. The van der Waals surface area contributed by atoms with Gasteiger partial charge in [-0.3, -0.25) is 4.79 Å². The standard InChI is InChI=1S/C15H11Cl2N3O2/c1-7(21)8-5-11-12(6-13(8)22)19-15(18-11)20-14-9(16)3-2-4-10(14)17/h2-6,22H,1H3,(H2,18,19,20). The van der Waals surface area contributed by atoms with Gasteiger partial charge in [-0.2, -0.15) is 0 Å². The van der Waals surface area contributed by atoms with E-state index in [1.807, 2.05) is 0 Å². The van der Waals surface area contributed by atoms with E-state index in [9.17, 15) is 9.90 Å². The lowest BCUT2D eigenvalue weighted by Gasteiger charge is -2.06. The number of para-hydroxylation sites is 1. The number of nitrogens with one attached hydrogen (secondary N) is 2.